The van der Waals surface area contributed by atoms with Crippen molar-refractivity contribution in [1.29, 1.82) is 0 Å². The summed E-state index contributed by atoms with van der Waals surface area (Å²) in [6.45, 7) is 1.32. The molecule has 0 amide bonds. The summed E-state index contributed by atoms with van der Waals surface area (Å²) >= 11 is 0. The number of anilines is 3. The van der Waals surface area contributed by atoms with E-state index in [9.17, 15) is 13.5 Å². The Kier molecular flexibility index (Phi) is 6.73. The molecule has 3 aliphatic rings. The molecule has 0 unspecified atom stereocenters. The lowest BCUT2D eigenvalue weighted by atomic mass is 9.93. The van der Waals surface area contributed by atoms with Crippen molar-refractivity contribution in [3.05, 3.63) is 42.5 Å². The lowest BCUT2D eigenvalue weighted by Gasteiger charge is -2.27. The highest BCUT2D eigenvalue weighted by Gasteiger charge is 2.37. The predicted octanol–water partition coefficient (Wildman–Crippen LogP) is 2.53. The van der Waals surface area contributed by atoms with E-state index in [2.05, 4.69) is 42.5 Å². The van der Waals surface area contributed by atoms with Gasteiger partial charge in [-0.2, -0.15) is 9.19 Å². The molecule has 0 radical (unpaired) electrons. The molecule has 12 heteroatoms. The van der Waals surface area contributed by atoms with Crippen molar-refractivity contribution in [1.82, 2.24) is 24.1 Å². The van der Waals surface area contributed by atoms with Gasteiger partial charge in [0.05, 0.1) is 59.7 Å². The van der Waals surface area contributed by atoms with E-state index in [0.717, 1.165) is 41.0 Å². The van der Waals surface area contributed by atoms with Crippen molar-refractivity contribution in [3.63, 3.8) is 0 Å². The van der Waals surface area contributed by atoms with Crippen molar-refractivity contribution in [2.24, 2.45) is 5.92 Å². The summed E-state index contributed by atoms with van der Waals surface area (Å²) in [5.41, 5.74) is 2.19. The quantitative estimate of drug-likeness (QED) is 0.386. The molecular formula is C26H29N7O4S. The third-order valence-corrected chi connectivity index (χ3v) is 8.98. The van der Waals surface area contributed by atoms with Crippen LogP contribution in [0.4, 0.5) is 17.3 Å². The van der Waals surface area contributed by atoms with Gasteiger partial charge < -0.3 is 20.5 Å². The van der Waals surface area contributed by atoms with Crippen LogP contribution in [0.1, 0.15) is 44.1 Å². The number of aliphatic hydroxyl groups is 1. The number of rotatable bonds is 7. The van der Waals surface area contributed by atoms with Crippen LogP contribution in [0.25, 0.3) is 11.4 Å². The van der Waals surface area contributed by atoms with E-state index in [1.165, 1.54) is 12.4 Å². The van der Waals surface area contributed by atoms with Crippen molar-refractivity contribution in [2.75, 3.05) is 23.8 Å². The molecule has 198 valence electrons. The topological polar surface area (TPSA) is 144 Å². The number of hydrogen-bond donors (Lipinski definition) is 3. The second-order valence-electron chi connectivity index (χ2n) is 10.0. The third kappa shape index (κ3) is 5.50. The molecule has 0 atom stereocenters. The van der Waals surface area contributed by atoms with Crippen LogP contribution in [0.5, 0.6) is 0 Å². The van der Waals surface area contributed by atoms with Gasteiger partial charge in [-0.15, -0.1) is 0 Å². The molecule has 4 heterocycles. The summed E-state index contributed by atoms with van der Waals surface area (Å²) < 4.78 is 31.2. The largest absolute Gasteiger partial charge is 0.393 e. The molecule has 38 heavy (non-hydrogen) atoms. The Morgan fingerprint density at radius 1 is 1.05 bits per heavy atom. The second kappa shape index (κ2) is 10.3. The summed E-state index contributed by atoms with van der Waals surface area (Å²) in [5, 5.41) is 20.4. The first-order valence-corrected chi connectivity index (χ1v) is 14.4. The van der Waals surface area contributed by atoms with Crippen LogP contribution in [-0.2, 0) is 14.8 Å². The fraction of sp³-hybridized carbons (Fsp3) is 0.462. The minimum Gasteiger partial charge on any atom is -0.393 e. The Morgan fingerprint density at radius 3 is 2.61 bits per heavy atom. The van der Waals surface area contributed by atoms with Crippen LogP contribution in [-0.4, -0.2) is 68.3 Å². The number of pyridine rings is 1. The highest BCUT2D eigenvalue weighted by molar-refractivity contribution is 7.90. The maximum absolute atomic E-state index is 12.5. The second-order valence-corrected chi connectivity index (χ2v) is 12.1. The van der Waals surface area contributed by atoms with Gasteiger partial charge in [-0.1, -0.05) is 11.8 Å². The first-order chi connectivity index (χ1) is 18.4. The standard InChI is InChI=1S/C26H29N7O4S/c34-21-5-3-20(4-6-21)30-23-11-25(28-12-18(23)2-1-17-15-37-16-17)31-24-9-10-27-26(32-24)19-13-29-33(14-19)38(35,36)22-7-8-22/h9-14,17,20-22,34H,3-8,15-16H2,(H2,27,28,30,31,32). The minimum atomic E-state index is -3.46. The maximum Gasteiger partial charge on any atom is 0.256 e. The van der Waals surface area contributed by atoms with Gasteiger partial charge in [0.15, 0.2) is 5.82 Å². The minimum absolute atomic E-state index is 0.228. The zero-order valence-electron chi connectivity index (χ0n) is 20.7. The van der Waals surface area contributed by atoms with Gasteiger partial charge in [0.2, 0.25) is 0 Å². The maximum atomic E-state index is 12.5. The third-order valence-electron chi connectivity index (χ3n) is 6.95. The number of nitrogens with zero attached hydrogens (tertiary/aromatic N) is 5. The number of aromatic nitrogens is 5. The fourth-order valence-electron chi connectivity index (χ4n) is 4.46. The first kappa shape index (κ1) is 24.8. The molecule has 3 aromatic heterocycles. The Labute approximate surface area is 221 Å². The Morgan fingerprint density at radius 2 is 1.87 bits per heavy atom. The van der Waals surface area contributed by atoms with Crippen molar-refractivity contribution < 1.29 is 18.3 Å². The molecule has 3 aromatic rings. The summed E-state index contributed by atoms with van der Waals surface area (Å²) in [6, 6.07) is 3.88. The molecular weight excluding hydrogens is 506 g/mol. The first-order valence-electron chi connectivity index (χ1n) is 12.9. The van der Waals surface area contributed by atoms with Crippen molar-refractivity contribution in [3.8, 4) is 23.2 Å². The molecule has 0 bridgehead atoms. The lowest BCUT2D eigenvalue weighted by Crippen LogP contribution is -2.28. The summed E-state index contributed by atoms with van der Waals surface area (Å²) in [5.74, 6) is 8.19. The van der Waals surface area contributed by atoms with Gasteiger partial charge in [-0.25, -0.2) is 23.4 Å². The molecule has 1 saturated heterocycles. The molecule has 1 aliphatic heterocycles. The van der Waals surface area contributed by atoms with E-state index in [-0.39, 0.29) is 23.3 Å². The molecule has 2 aliphatic carbocycles. The number of nitrogens with one attached hydrogen (secondary N) is 2. The summed E-state index contributed by atoms with van der Waals surface area (Å²) in [6.07, 6.45) is 10.7. The Balaban J connectivity index is 1.22. The average molecular weight is 536 g/mol. The Hall–Kier alpha value is -3.53. The number of aliphatic hydroxyl groups excluding tert-OH is 1. The zero-order valence-corrected chi connectivity index (χ0v) is 21.6. The van der Waals surface area contributed by atoms with Crippen molar-refractivity contribution >= 4 is 27.3 Å². The lowest BCUT2D eigenvalue weighted by molar-refractivity contribution is -0.00300. The normalized spacial score (nSPS) is 21.7. The molecule has 3 fully saturated rings. The van der Waals surface area contributed by atoms with E-state index in [1.807, 2.05) is 6.07 Å². The number of hydrogen-bond acceptors (Lipinski definition) is 10. The molecule has 3 N–H and O–H groups in total. The highest BCUT2D eigenvalue weighted by Crippen LogP contribution is 2.30. The molecule has 0 spiro atoms. The SMILES string of the molecule is O=S(=O)(C1CC1)n1cc(-c2nccc(Nc3cc(NC4CCC(O)CC4)c(C#CC4COC4)cn3)n2)cn1. The van der Waals surface area contributed by atoms with Gasteiger partial charge in [0.25, 0.3) is 10.0 Å². The predicted molar refractivity (Wildman–Crippen MR) is 141 cm³/mol. The van der Waals surface area contributed by atoms with Gasteiger partial charge in [-0.3, -0.25) is 0 Å². The van der Waals surface area contributed by atoms with Gasteiger partial charge >= 0.3 is 0 Å². The van der Waals surface area contributed by atoms with Crippen LogP contribution in [0.2, 0.25) is 0 Å². The van der Waals surface area contributed by atoms with Crippen LogP contribution < -0.4 is 10.6 Å². The van der Waals surface area contributed by atoms with E-state index in [4.69, 9.17) is 4.74 Å². The fourth-order valence-corrected chi connectivity index (χ4v) is 5.93. The zero-order chi connectivity index (χ0) is 26.1. The molecule has 0 aromatic carbocycles. The van der Waals surface area contributed by atoms with E-state index >= 15 is 0 Å². The van der Waals surface area contributed by atoms with Crippen LogP contribution in [0, 0.1) is 17.8 Å². The molecule has 2 saturated carbocycles. The average Bonchev–Trinajstić information content (AvgIpc) is 3.63. The number of ether oxygens (including phenoxy) is 1. The summed E-state index contributed by atoms with van der Waals surface area (Å²) in [7, 11) is -3.46. The van der Waals surface area contributed by atoms with Gasteiger partial charge in [0.1, 0.15) is 11.6 Å². The van der Waals surface area contributed by atoms with Gasteiger partial charge in [0, 0.05) is 24.5 Å². The smallest absolute Gasteiger partial charge is 0.256 e. The van der Waals surface area contributed by atoms with Crippen LogP contribution >= 0.6 is 0 Å². The van der Waals surface area contributed by atoms with Crippen LogP contribution in [0.3, 0.4) is 0 Å². The van der Waals surface area contributed by atoms with E-state index in [1.54, 1.807) is 18.5 Å². The summed E-state index contributed by atoms with van der Waals surface area (Å²) in [4.78, 5) is 13.4. The highest BCUT2D eigenvalue weighted by atomic mass is 32.2. The van der Waals surface area contributed by atoms with E-state index in [0.29, 0.717) is 49.1 Å². The van der Waals surface area contributed by atoms with Crippen molar-refractivity contribution in [2.45, 2.75) is 55.9 Å². The monoisotopic (exact) mass is 535 g/mol. The Bertz CT molecular complexity index is 1480. The van der Waals surface area contributed by atoms with Gasteiger partial charge in [-0.05, 0) is 44.6 Å². The van der Waals surface area contributed by atoms with E-state index < -0.39 is 10.0 Å². The van der Waals surface area contributed by atoms with Crippen LogP contribution in [0.15, 0.2) is 36.9 Å². The molecule has 11 nitrogen and oxygen atoms in total. The molecule has 6 rings (SSSR count).